The fraction of sp³-hybridized carbons (Fsp3) is 0.522. The van der Waals surface area contributed by atoms with E-state index >= 15 is 0 Å². The Hall–Kier alpha value is -3.43. The summed E-state index contributed by atoms with van der Waals surface area (Å²) in [5, 5.41) is 26.9. The fourth-order valence-corrected chi connectivity index (χ4v) is 2.60. The van der Waals surface area contributed by atoms with E-state index in [0.29, 0.717) is 17.8 Å². The molecule has 0 saturated carbocycles. The topological polar surface area (TPSA) is 149 Å². The van der Waals surface area contributed by atoms with E-state index in [0.717, 1.165) is 58.2 Å². The first kappa shape index (κ1) is 27.6. The first-order valence-corrected chi connectivity index (χ1v) is 11.5. The summed E-state index contributed by atoms with van der Waals surface area (Å²) in [7, 11) is 0. The van der Waals surface area contributed by atoms with E-state index in [-0.39, 0.29) is 11.1 Å². The van der Waals surface area contributed by atoms with Gasteiger partial charge in [-0.1, -0.05) is 52.2 Å². The van der Waals surface area contributed by atoms with Gasteiger partial charge in [0, 0.05) is 19.6 Å². The van der Waals surface area contributed by atoms with E-state index in [2.05, 4.69) is 51.7 Å². The van der Waals surface area contributed by atoms with Crippen molar-refractivity contribution < 1.29 is 19.8 Å². The molecule has 0 amide bonds. The summed E-state index contributed by atoms with van der Waals surface area (Å²) in [6.07, 6.45) is 6.80. The lowest BCUT2D eigenvalue weighted by molar-refractivity contribution is 0.0651. The minimum atomic E-state index is -1.23. The van der Waals surface area contributed by atoms with Crippen molar-refractivity contribution in [3.63, 3.8) is 0 Å². The van der Waals surface area contributed by atoms with Crippen LogP contribution in [0.1, 0.15) is 80.0 Å². The number of aromatic carboxylic acids is 2. The summed E-state index contributed by atoms with van der Waals surface area (Å²) in [5.41, 5.74) is -0.380. The van der Waals surface area contributed by atoms with E-state index in [9.17, 15) is 9.59 Å². The van der Waals surface area contributed by atoms with Gasteiger partial charge in [-0.3, -0.25) is 0 Å². The largest absolute Gasteiger partial charge is 0.478 e. The Morgan fingerprint density at radius 3 is 1.21 bits per heavy atom. The molecule has 182 valence electrons. The molecule has 0 spiro atoms. The smallest absolute Gasteiger partial charge is 0.336 e. The summed E-state index contributed by atoms with van der Waals surface area (Å²) >= 11 is 0. The second-order valence-corrected chi connectivity index (χ2v) is 7.30. The van der Waals surface area contributed by atoms with Crippen molar-refractivity contribution in [2.45, 2.75) is 59.3 Å². The molecule has 5 N–H and O–H groups in total. The second-order valence-electron chi connectivity index (χ2n) is 7.30. The van der Waals surface area contributed by atoms with Gasteiger partial charge in [0.15, 0.2) is 0 Å². The number of hydrogen-bond donors (Lipinski definition) is 5. The van der Waals surface area contributed by atoms with E-state index in [4.69, 9.17) is 10.2 Å². The van der Waals surface area contributed by atoms with Gasteiger partial charge in [-0.05, 0) is 31.4 Å². The molecule has 10 nitrogen and oxygen atoms in total. The summed E-state index contributed by atoms with van der Waals surface area (Å²) < 4.78 is 0. The Morgan fingerprint density at radius 1 is 0.667 bits per heavy atom. The summed E-state index contributed by atoms with van der Waals surface area (Å²) in [4.78, 5) is 34.2. The zero-order valence-corrected chi connectivity index (χ0v) is 19.7. The maximum atomic E-state index is 10.5. The fourth-order valence-electron chi connectivity index (χ4n) is 2.60. The first-order valence-electron chi connectivity index (χ1n) is 11.5. The molecule has 0 aliphatic heterocycles. The van der Waals surface area contributed by atoms with Crippen LogP contribution in [0.25, 0.3) is 0 Å². The van der Waals surface area contributed by atoms with E-state index < -0.39 is 11.9 Å². The number of carboxylic acid groups (broad SMARTS) is 2. The molecular formula is C23H36N6O4. The van der Waals surface area contributed by atoms with Gasteiger partial charge >= 0.3 is 11.9 Å². The number of anilines is 3. The third kappa shape index (κ3) is 11.1. The van der Waals surface area contributed by atoms with E-state index in [1.807, 2.05) is 0 Å². The Labute approximate surface area is 195 Å². The lowest BCUT2D eigenvalue weighted by atomic mass is 10.1. The van der Waals surface area contributed by atoms with Gasteiger partial charge in [0.1, 0.15) is 0 Å². The predicted molar refractivity (Wildman–Crippen MR) is 130 cm³/mol. The molecule has 0 saturated heterocycles. The molecule has 2 aromatic rings. The van der Waals surface area contributed by atoms with Crippen LogP contribution >= 0.6 is 0 Å². The minimum absolute atomic E-state index is 0.190. The van der Waals surface area contributed by atoms with Crippen molar-refractivity contribution >= 4 is 29.8 Å². The van der Waals surface area contributed by atoms with Crippen molar-refractivity contribution in [3.8, 4) is 0 Å². The van der Waals surface area contributed by atoms with Crippen LogP contribution < -0.4 is 16.0 Å². The summed E-state index contributed by atoms with van der Waals surface area (Å²) in [6, 6.07) is 5.48. The highest BCUT2D eigenvalue weighted by Crippen LogP contribution is 2.10. The number of aromatic nitrogens is 3. The highest BCUT2D eigenvalue weighted by atomic mass is 16.4. The SMILES string of the molecule is CCCCNc1nc(NCCCC)nc(NCCCC)n1.O=C(O)c1ccccc1C(=O)O. The van der Waals surface area contributed by atoms with Crippen LogP contribution in [-0.2, 0) is 0 Å². The third-order valence-electron chi connectivity index (χ3n) is 4.46. The third-order valence-corrected chi connectivity index (χ3v) is 4.46. The first-order chi connectivity index (χ1) is 15.9. The highest BCUT2D eigenvalue weighted by Gasteiger charge is 2.13. The van der Waals surface area contributed by atoms with E-state index in [1.165, 1.54) is 24.3 Å². The number of nitrogens with one attached hydrogen (secondary N) is 3. The van der Waals surface area contributed by atoms with Crippen molar-refractivity contribution in [2.24, 2.45) is 0 Å². The molecule has 0 fully saturated rings. The predicted octanol–water partition coefficient (Wildman–Crippen LogP) is 4.59. The van der Waals surface area contributed by atoms with Crippen LogP contribution in [0.2, 0.25) is 0 Å². The zero-order valence-electron chi connectivity index (χ0n) is 19.7. The Kier molecular flexibility index (Phi) is 13.6. The molecule has 1 aromatic heterocycles. The van der Waals surface area contributed by atoms with Crippen LogP contribution in [0.15, 0.2) is 24.3 Å². The van der Waals surface area contributed by atoms with Gasteiger partial charge < -0.3 is 26.2 Å². The number of benzene rings is 1. The normalized spacial score (nSPS) is 10.0. The van der Waals surface area contributed by atoms with Crippen LogP contribution in [-0.4, -0.2) is 56.7 Å². The summed E-state index contributed by atoms with van der Waals surface area (Å²) in [6.45, 7) is 9.19. The molecular weight excluding hydrogens is 424 g/mol. The van der Waals surface area contributed by atoms with Gasteiger partial charge in [0.2, 0.25) is 17.8 Å². The number of rotatable bonds is 14. The molecule has 0 atom stereocenters. The minimum Gasteiger partial charge on any atom is -0.478 e. The number of unbranched alkanes of at least 4 members (excludes halogenated alkanes) is 3. The molecule has 1 heterocycles. The van der Waals surface area contributed by atoms with Gasteiger partial charge in [0.05, 0.1) is 11.1 Å². The molecule has 0 bridgehead atoms. The molecule has 0 aliphatic carbocycles. The molecule has 10 heteroatoms. The number of carbonyl (C=O) groups is 2. The van der Waals surface area contributed by atoms with Crippen LogP contribution in [0.5, 0.6) is 0 Å². The number of nitrogens with zero attached hydrogens (tertiary/aromatic N) is 3. The number of hydrogen-bond acceptors (Lipinski definition) is 8. The standard InChI is InChI=1S/C15H30N6.C8H6O4/c1-4-7-10-16-13-19-14(17-11-8-5-2)21-15(20-13)18-12-9-6-3;9-7(10)5-3-1-2-4-6(5)8(11)12/h4-12H2,1-3H3,(H3,16,17,18,19,20,21);1-4H,(H,9,10)(H,11,12). The maximum Gasteiger partial charge on any atom is 0.336 e. The van der Waals surface area contributed by atoms with Crippen LogP contribution in [0.3, 0.4) is 0 Å². The zero-order chi connectivity index (χ0) is 24.5. The van der Waals surface area contributed by atoms with Crippen molar-refractivity contribution in [2.75, 3.05) is 35.6 Å². The number of carboxylic acids is 2. The van der Waals surface area contributed by atoms with Gasteiger partial charge in [-0.25, -0.2) is 9.59 Å². The maximum absolute atomic E-state index is 10.5. The van der Waals surface area contributed by atoms with Gasteiger partial charge in [-0.15, -0.1) is 0 Å². The molecule has 1 aromatic carbocycles. The monoisotopic (exact) mass is 460 g/mol. The van der Waals surface area contributed by atoms with Crippen LogP contribution in [0, 0.1) is 0 Å². The lowest BCUT2D eigenvalue weighted by Gasteiger charge is -2.10. The molecule has 33 heavy (non-hydrogen) atoms. The Balaban J connectivity index is 0.000000383. The highest BCUT2D eigenvalue weighted by molar-refractivity contribution is 6.01. The summed E-state index contributed by atoms with van der Waals surface area (Å²) in [5.74, 6) is -0.509. The van der Waals surface area contributed by atoms with Crippen molar-refractivity contribution in [1.29, 1.82) is 0 Å². The van der Waals surface area contributed by atoms with Gasteiger partial charge in [0.25, 0.3) is 0 Å². The quantitative estimate of drug-likeness (QED) is 0.253. The molecule has 2 rings (SSSR count). The van der Waals surface area contributed by atoms with Gasteiger partial charge in [-0.2, -0.15) is 15.0 Å². The average Bonchev–Trinajstić information content (AvgIpc) is 2.80. The molecule has 0 aliphatic rings. The Morgan fingerprint density at radius 2 is 0.970 bits per heavy atom. The lowest BCUT2D eigenvalue weighted by Crippen LogP contribution is -2.14. The molecule has 0 unspecified atom stereocenters. The van der Waals surface area contributed by atoms with E-state index in [1.54, 1.807) is 0 Å². The van der Waals surface area contributed by atoms with Crippen molar-refractivity contribution in [3.05, 3.63) is 35.4 Å². The van der Waals surface area contributed by atoms with Crippen molar-refractivity contribution in [1.82, 2.24) is 15.0 Å². The Bertz CT molecular complexity index is 760. The second kappa shape index (κ2) is 16.2. The molecule has 0 radical (unpaired) electrons. The average molecular weight is 461 g/mol. The van der Waals surface area contributed by atoms with Crippen LogP contribution in [0.4, 0.5) is 17.8 Å².